The van der Waals surface area contributed by atoms with Gasteiger partial charge in [-0.05, 0) is 79.1 Å². The largest absolute Gasteiger partial charge is 0.457 e. The van der Waals surface area contributed by atoms with Crippen LogP contribution in [0.4, 0.5) is 10.5 Å². The van der Waals surface area contributed by atoms with Gasteiger partial charge in [-0.15, -0.1) is 0 Å². The van der Waals surface area contributed by atoms with Gasteiger partial charge in [-0.1, -0.05) is 57.2 Å². The van der Waals surface area contributed by atoms with Crippen molar-refractivity contribution in [3.8, 4) is 11.5 Å². The molecule has 4 rings (SSSR count). The first kappa shape index (κ1) is 27.4. The minimum atomic E-state index is -0.212. The van der Waals surface area contributed by atoms with Crippen LogP contribution in [0.25, 0.3) is 0 Å². The molecule has 2 aromatic carbocycles. The van der Waals surface area contributed by atoms with Gasteiger partial charge in [0.1, 0.15) is 17.2 Å². The number of rotatable bonds is 11. The van der Waals surface area contributed by atoms with Crippen LogP contribution in [0.3, 0.4) is 0 Å². The maximum absolute atomic E-state index is 12.8. The lowest BCUT2D eigenvalue weighted by atomic mass is 9.95. The molecule has 1 aromatic heterocycles. The number of urea groups is 1. The first-order chi connectivity index (χ1) is 18.4. The normalized spacial score (nSPS) is 13.3. The Bertz CT molecular complexity index is 1250. The number of carbonyl (C=O) groups is 2. The molecule has 0 saturated heterocycles. The number of hydrogen-bond acceptors (Lipinski definition) is 4. The molecule has 1 saturated carbocycles. The van der Waals surface area contributed by atoms with Crippen molar-refractivity contribution in [2.75, 3.05) is 5.32 Å². The molecule has 200 valence electrons. The Morgan fingerprint density at radius 3 is 2.45 bits per heavy atom. The summed E-state index contributed by atoms with van der Waals surface area (Å²) in [7, 11) is 0. The third-order valence-corrected chi connectivity index (χ3v) is 7.45. The molecule has 0 radical (unpaired) electrons. The highest BCUT2D eigenvalue weighted by atomic mass is 16.5. The van der Waals surface area contributed by atoms with Gasteiger partial charge in [-0.3, -0.25) is 9.78 Å². The highest BCUT2D eigenvalue weighted by Crippen LogP contribution is 2.30. The number of Topliss-reactive ketones (excluding diaryl/α,β-unsaturated/α-hetero) is 1. The maximum Gasteiger partial charge on any atom is 0.319 e. The molecule has 2 N–H and O–H groups in total. The number of hydrogen-bond donors (Lipinski definition) is 2. The van der Waals surface area contributed by atoms with Crippen LogP contribution in [0.2, 0.25) is 0 Å². The number of benzene rings is 2. The summed E-state index contributed by atoms with van der Waals surface area (Å²) in [5, 5.41) is 6.05. The summed E-state index contributed by atoms with van der Waals surface area (Å²) in [5.74, 6) is 2.07. The number of anilines is 1. The third-order valence-electron chi connectivity index (χ3n) is 7.45. The Kier molecular flexibility index (Phi) is 9.52. The first-order valence-electron chi connectivity index (χ1n) is 13.8. The summed E-state index contributed by atoms with van der Waals surface area (Å²) in [6, 6.07) is 15.0. The Labute approximate surface area is 226 Å². The lowest BCUT2D eigenvalue weighted by Crippen LogP contribution is -2.28. The van der Waals surface area contributed by atoms with E-state index in [0.717, 1.165) is 30.0 Å². The van der Waals surface area contributed by atoms with E-state index in [2.05, 4.69) is 41.6 Å². The van der Waals surface area contributed by atoms with Gasteiger partial charge in [0, 0.05) is 30.9 Å². The molecule has 1 fully saturated rings. The predicted molar refractivity (Wildman–Crippen MR) is 152 cm³/mol. The second kappa shape index (κ2) is 13.2. The van der Waals surface area contributed by atoms with Gasteiger partial charge in [-0.2, -0.15) is 0 Å². The van der Waals surface area contributed by atoms with E-state index in [9.17, 15) is 9.59 Å². The molecular weight excluding hydrogens is 474 g/mol. The van der Waals surface area contributed by atoms with E-state index >= 15 is 0 Å². The van der Waals surface area contributed by atoms with Crippen molar-refractivity contribution in [1.29, 1.82) is 0 Å². The topological polar surface area (TPSA) is 80.3 Å². The summed E-state index contributed by atoms with van der Waals surface area (Å²) in [6.07, 6.45) is 10.9. The quantitative estimate of drug-likeness (QED) is 0.255. The van der Waals surface area contributed by atoms with Crippen LogP contribution >= 0.6 is 0 Å². The molecule has 0 bridgehead atoms. The van der Waals surface area contributed by atoms with Crippen LogP contribution in [-0.4, -0.2) is 16.8 Å². The van der Waals surface area contributed by atoms with E-state index in [1.54, 1.807) is 18.3 Å². The van der Waals surface area contributed by atoms with Crippen LogP contribution in [0, 0.1) is 19.8 Å². The fourth-order valence-electron chi connectivity index (χ4n) is 5.05. The predicted octanol–water partition coefficient (Wildman–Crippen LogP) is 7.92. The van der Waals surface area contributed by atoms with E-state index < -0.39 is 0 Å². The van der Waals surface area contributed by atoms with Gasteiger partial charge in [0.05, 0.1) is 0 Å². The molecule has 2 amide bonds. The van der Waals surface area contributed by atoms with E-state index in [4.69, 9.17) is 4.74 Å². The number of carbonyl (C=O) groups excluding carboxylic acids is 2. The molecule has 0 spiro atoms. The number of nitrogens with one attached hydrogen (secondary N) is 2. The van der Waals surface area contributed by atoms with Crippen molar-refractivity contribution in [1.82, 2.24) is 10.3 Å². The van der Waals surface area contributed by atoms with E-state index in [1.807, 2.05) is 31.2 Å². The zero-order chi connectivity index (χ0) is 26.9. The van der Waals surface area contributed by atoms with Crippen molar-refractivity contribution < 1.29 is 14.3 Å². The van der Waals surface area contributed by atoms with Gasteiger partial charge in [0.25, 0.3) is 0 Å². The minimum absolute atomic E-state index is 0.0212. The average molecular weight is 514 g/mol. The number of aryl methyl sites for hydroxylation is 3. The van der Waals surface area contributed by atoms with Gasteiger partial charge < -0.3 is 15.4 Å². The van der Waals surface area contributed by atoms with Crippen LogP contribution in [0.5, 0.6) is 11.5 Å². The van der Waals surface area contributed by atoms with Gasteiger partial charge in [0.2, 0.25) is 0 Å². The summed E-state index contributed by atoms with van der Waals surface area (Å²) >= 11 is 0. The van der Waals surface area contributed by atoms with Crippen LogP contribution in [0.15, 0.2) is 54.7 Å². The fourth-order valence-corrected chi connectivity index (χ4v) is 5.05. The highest BCUT2D eigenvalue weighted by molar-refractivity contribution is 5.94. The SMILES string of the molecule is CCC(=O)c1cc(Oc2ccc(CNC(=O)Nc3cc(C)c(C)cc3CCCC3CCCC3)cc2)ccn1. The third kappa shape index (κ3) is 7.67. The summed E-state index contributed by atoms with van der Waals surface area (Å²) in [6.45, 7) is 6.42. The standard InChI is InChI=1S/C32H39N3O3/c1-4-31(36)30-20-28(16-17-33-30)38-27-14-12-25(13-15-27)21-34-32(37)35-29-19-23(3)22(2)18-26(29)11-7-10-24-8-5-6-9-24/h12-20,24H,4-11,21H2,1-3H3,(H2,34,35,37). The molecule has 1 heterocycles. The van der Waals surface area contributed by atoms with Crippen molar-refractivity contribution in [3.63, 3.8) is 0 Å². The number of nitrogens with zero attached hydrogens (tertiary/aromatic N) is 1. The lowest BCUT2D eigenvalue weighted by Gasteiger charge is -2.16. The Hall–Kier alpha value is -3.67. The number of ketones is 1. The maximum atomic E-state index is 12.8. The number of pyridine rings is 1. The van der Waals surface area contributed by atoms with Crippen molar-refractivity contribution in [2.24, 2.45) is 5.92 Å². The molecule has 1 aliphatic carbocycles. The zero-order valence-corrected chi connectivity index (χ0v) is 22.8. The highest BCUT2D eigenvalue weighted by Gasteiger charge is 2.15. The summed E-state index contributed by atoms with van der Waals surface area (Å²) < 4.78 is 5.88. The molecule has 38 heavy (non-hydrogen) atoms. The Morgan fingerprint density at radius 1 is 0.974 bits per heavy atom. The molecule has 0 unspecified atom stereocenters. The molecule has 0 atom stereocenters. The van der Waals surface area contributed by atoms with E-state index in [0.29, 0.717) is 30.2 Å². The summed E-state index contributed by atoms with van der Waals surface area (Å²) in [4.78, 5) is 28.8. The molecule has 6 nitrogen and oxygen atoms in total. The second-order valence-corrected chi connectivity index (χ2v) is 10.3. The molecule has 3 aromatic rings. The van der Waals surface area contributed by atoms with E-state index in [-0.39, 0.29) is 11.8 Å². The van der Waals surface area contributed by atoms with E-state index in [1.165, 1.54) is 48.8 Å². The molecule has 0 aliphatic heterocycles. The average Bonchev–Trinajstić information content (AvgIpc) is 3.44. The van der Waals surface area contributed by atoms with Crippen LogP contribution in [-0.2, 0) is 13.0 Å². The number of amides is 2. The van der Waals surface area contributed by atoms with Crippen molar-refractivity contribution >= 4 is 17.5 Å². The van der Waals surface area contributed by atoms with Gasteiger partial charge in [0.15, 0.2) is 5.78 Å². The van der Waals surface area contributed by atoms with Gasteiger partial charge >= 0.3 is 6.03 Å². The Balaban J connectivity index is 1.30. The van der Waals surface area contributed by atoms with Gasteiger partial charge in [-0.25, -0.2) is 4.79 Å². The zero-order valence-electron chi connectivity index (χ0n) is 22.8. The lowest BCUT2D eigenvalue weighted by molar-refractivity contribution is 0.0983. The monoisotopic (exact) mass is 513 g/mol. The Morgan fingerprint density at radius 2 is 1.71 bits per heavy atom. The van der Waals surface area contributed by atoms with Crippen molar-refractivity contribution in [2.45, 2.75) is 78.7 Å². The van der Waals surface area contributed by atoms with Crippen LogP contribution in [0.1, 0.15) is 84.6 Å². The van der Waals surface area contributed by atoms with Crippen molar-refractivity contribution in [3.05, 3.63) is 82.7 Å². The number of ether oxygens (including phenoxy) is 1. The number of aromatic nitrogens is 1. The fraction of sp³-hybridized carbons (Fsp3) is 0.406. The van der Waals surface area contributed by atoms with Crippen LogP contribution < -0.4 is 15.4 Å². The smallest absolute Gasteiger partial charge is 0.319 e. The molecule has 6 heteroatoms. The minimum Gasteiger partial charge on any atom is -0.457 e. The molecule has 1 aliphatic rings. The first-order valence-corrected chi connectivity index (χ1v) is 13.8. The summed E-state index contributed by atoms with van der Waals surface area (Å²) in [5.41, 5.74) is 5.91. The second-order valence-electron chi connectivity index (χ2n) is 10.3. The molecular formula is C32H39N3O3.